The van der Waals surface area contributed by atoms with E-state index in [4.69, 9.17) is 11.6 Å². The Balaban J connectivity index is 2.07. The summed E-state index contributed by atoms with van der Waals surface area (Å²) in [5.74, 6) is 0.282. The van der Waals surface area contributed by atoms with Crippen LogP contribution >= 0.6 is 22.9 Å². The van der Waals surface area contributed by atoms with Gasteiger partial charge in [0.25, 0.3) is 5.91 Å². The van der Waals surface area contributed by atoms with E-state index in [2.05, 4.69) is 29.4 Å². The van der Waals surface area contributed by atoms with E-state index in [0.29, 0.717) is 21.8 Å². The van der Waals surface area contributed by atoms with Gasteiger partial charge in [0.2, 0.25) is 5.13 Å². The molecule has 0 unspecified atom stereocenters. The summed E-state index contributed by atoms with van der Waals surface area (Å²) in [6, 6.07) is 1.62. The number of hydrogen-bond acceptors (Lipinski definition) is 4. The first-order valence-electron chi connectivity index (χ1n) is 5.91. The predicted molar refractivity (Wildman–Crippen MR) is 76.8 cm³/mol. The van der Waals surface area contributed by atoms with Crippen LogP contribution in [0.5, 0.6) is 0 Å². The van der Waals surface area contributed by atoms with Crippen LogP contribution in [0, 0.1) is 5.92 Å². The third-order valence-corrected chi connectivity index (χ3v) is 3.54. The second kappa shape index (κ2) is 5.71. The fraction of sp³-hybridized carbons (Fsp3) is 0.417. The average Bonchev–Trinajstić information content (AvgIpc) is 2.84. The molecule has 1 N–H and O–H groups in total. The average molecular weight is 299 g/mol. The summed E-state index contributed by atoms with van der Waals surface area (Å²) >= 11 is 7.25. The van der Waals surface area contributed by atoms with Gasteiger partial charge in [-0.3, -0.25) is 10.1 Å². The van der Waals surface area contributed by atoms with Crippen molar-refractivity contribution in [1.82, 2.24) is 14.8 Å². The van der Waals surface area contributed by atoms with Gasteiger partial charge in [0, 0.05) is 19.7 Å². The van der Waals surface area contributed by atoms with Crippen LogP contribution in [-0.2, 0) is 13.5 Å². The highest BCUT2D eigenvalue weighted by Gasteiger charge is 2.14. The molecule has 0 fully saturated rings. The van der Waals surface area contributed by atoms with Gasteiger partial charge in [0.15, 0.2) is 0 Å². The topological polar surface area (TPSA) is 59.8 Å². The van der Waals surface area contributed by atoms with Crippen molar-refractivity contribution in [3.05, 3.63) is 28.0 Å². The zero-order chi connectivity index (χ0) is 14.0. The molecule has 7 heteroatoms. The minimum absolute atomic E-state index is 0.235. The van der Waals surface area contributed by atoms with Gasteiger partial charge in [-0.1, -0.05) is 36.8 Å². The molecule has 2 aromatic rings. The van der Waals surface area contributed by atoms with Gasteiger partial charge in [-0.2, -0.15) is 0 Å². The van der Waals surface area contributed by atoms with Crippen LogP contribution in [-0.4, -0.2) is 20.7 Å². The molecular weight excluding hydrogens is 284 g/mol. The normalized spacial score (nSPS) is 11.0. The molecule has 2 heterocycles. The van der Waals surface area contributed by atoms with Crippen molar-refractivity contribution in [2.24, 2.45) is 13.0 Å². The van der Waals surface area contributed by atoms with E-state index in [1.165, 1.54) is 11.3 Å². The number of carbonyl (C=O) groups is 1. The molecule has 2 rings (SSSR count). The van der Waals surface area contributed by atoms with Gasteiger partial charge >= 0.3 is 0 Å². The maximum absolute atomic E-state index is 12.0. The second-order valence-corrected chi connectivity index (χ2v) is 6.21. The van der Waals surface area contributed by atoms with Crippen molar-refractivity contribution in [3.63, 3.8) is 0 Å². The van der Waals surface area contributed by atoms with Crippen LogP contribution in [0.4, 0.5) is 5.13 Å². The predicted octanol–water partition coefficient (Wildman–Crippen LogP) is 2.98. The number of rotatable bonds is 4. The Kier molecular flexibility index (Phi) is 4.21. The number of aromatic nitrogens is 3. The number of amides is 1. The Morgan fingerprint density at radius 1 is 1.53 bits per heavy atom. The molecule has 0 atom stereocenters. The maximum atomic E-state index is 12.0. The molecule has 19 heavy (non-hydrogen) atoms. The number of nitrogens with zero attached hydrogens (tertiary/aromatic N) is 3. The van der Waals surface area contributed by atoms with Gasteiger partial charge in [-0.25, -0.2) is 0 Å². The Bertz CT molecular complexity index is 590. The minimum atomic E-state index is -0.235. The number of nitrogens with one attached hydrogen (secondary N) is 1. The van der Waals surface area contributed by atoms with Crippen LogP contribution in [0.3, 0.4) is 0 Å². The lowest BCUT2D eigenvalue weighted by molar-refractivity contribution is 0.101. The lowest BCUT2D eigenvalue weighted by atomic mass is 10.1. The largest absolute Gasteiger partial charge is 0.345 e. The summed E-state index contributed by atoms with van der Waals surface area (Å²) in [4.78, 5) is 12.0. The Labute approximate surface area is 120 Å². The fourth-order valence-corrected chi connectivity index (χ4v) is 2.84. The molecule has 0 radical (unpaired) electrons. The van der Waals surface area contributed by atoms with Gasteiger partial charge in [-0.05, 0) is 12.0 Å². The summed E-state index contributed by atoms with van der Waals surface area (Å²) in [6.45, 7) is 4.23. The van der Waals surface area contributed by atoms with E-state index in [1.807, 2.05) is 0 Å². The van der Waals surface area contributed by atoms with Crippen molar-refractivity contribution in [2.75, 3.05) is 5.32 Å². The van der Waals surface area contributed by atoms with Crippen molar-refractivity contribution in [2.45, 2.75) is 20.3 Å². The van der Waals surface area contributed by atoms with Gasteiger partial charge in [-0.15, -0.1) is 10.2 Å². The lowest BCUT2D eigenvalue weighted by Crippen LogP contribution is -2.15. The van der Waals surface area contributed by atoms with Crippen LogP contribution in [0.2, 0.25) is 5.02 Å². The summed E-state index contributed by atoms with van der Waals surface area (Å²) in [6.07, 6.45) is 2.55. The first-order chi connectivity index (χ1) is 8.95. The van der Waals surface area contributed by atoms with E-state index < -0.39 is 0 Å². The quantitative estimate of drug-likeness (QED) is 0.944. The summed E-state index contributed by atoms with van der Waals surface area (Å²) in [5, 5.41) is 12.7. The van der Waals surface area contributed by atoms with E-state index in [1.54, 1.807) is 23.9 Å². The number of anilines is 1. The molecule has 2 aromatic heterocycles. The van der Waals surface area contributed by atoms with Gasteiger partial charge in [0.1, 0.15) is 10.7 Å². The highest BCUT2D eigenvalue weighted by Crippen LogP contribution is 2.20. The van der Waals surface area contributed by atoms with Crippen molar-refractivity contribution in [3.8, 4) is 0 Å². The Hall–Kier alpha value is -1.40. The summed E-state index contributed by atoms with van der Waals surface area (Å²) in [7, 11) is 1.77. The number of aryl methyl sites for hydroxylation is 1. The maximum Gasteiger partial charge on any atom is 0.274 e. The molecule has 0 aliphatic carbocycles. The summed E-state index contributed by atoms with van der Waals surface area (Å²) < 4.78 is 1.67. The van der Waals surface area contributed by atoms with Crippen LogP contribution < -0.4 is 5.32 Å². The second-order valence-electron chi connectivity index (χ2n) is 4.71. The zero-order valence-electron chi connectivity index (χ0n) is 11.0. The standard InChI is InChI=1S/C12H15ClN4OS/c1-7(2)4-10-15-16-12(19-10)14-11(18)9-5-8(13)6-17(9)3/h5-7H,4H2,1-3H3,(H,14,16,18). The monoisotopic (exact) mass is 298 g/mol. The van der Waals surface area contributed by atoms with E-state index in [0.717, 1.165) is 11.4 Å². The first kappa shape index (κ1) is 14.0. The van der Waals surface area contributed by atoms with Crippen LogP contribution in [0.1, 0.15) is 29.3 Å². The molecular formula is C12H15ClN4OS. The van der Waals surface area contributed by atoms with E-state index in [-0.39, 0.29) is 5.91 Å². The number of hydrogen-bond donors (Lipinski definition) is 1. The van der Waals surface area contributed by atoms with E-state index in [9.17, 15) is 4.79 Å². The third-order valence-electron chi connectivity index (χ3n) is 2.47. The Morgan fingerprint density at radius 3 is 2.84 bits per heavy atom. The molecule has 1 amide bonds. The molecule has 0 bridgehead atoms. The molecule has 0 aliphatic heterocycles. The first-order valence-corrected chi connectivity index (χ1v) is 7.10. The highest BCUT2D eigenvalue weighted by atomic mass is 35.5. The molecule has 5 nitrogen and oxygen atoms in total. The lowest BCUT2D eigenvalue weighted by Gasteiger charge is -2.01. The van der Waals surface area contributed by atoms with Crippen molar-refractivity contribution >= 4 is 34.0 Å². The Morgan fingerprint density at radius 2 is 2.26 bits per heavy atom. The third kappa shape index (κ3) is 3.54. The number of carbonyl (C=O) groups excluding carboxylic acids is 1. The molecule has 0 saturated heterocycles. The van der Waals surface area contributed by atoms with Gasteiger partial charge in [0.05, 0.1) is 5.02 Å². The van der Waals surface area contributed by atoms with Crippen molar-refractivity contribution < 1.29 is 4.79 Å². The minimum Gasteiger partial charge on any atom is -0.345 e. The summed E-state index contributed by atoms with van der Waals surface area (Å²) in [5.41, 5.74) is 0.491. The smallest absolute Gasteiger partial charge is 0.274 e. The van der Waals surface area contributed by atoms with E-state index >= 15 is 0 Å². The fourth-order valence-electron chi connectivity index (χ4n) is 1.65. The molecule has 0 spiro atoms. The molecule has 0 aliphatic rings. The molecule has 0 aromatic carbocycles. The van der Waals surface area contributed by atoms with Crippen LogP contribution in [0.15, 0.2) is 12.3 Å². The highest BCUT2D eigenvalue weighted by molar-refractivity contribution is 7.15. The van der Waals surface area contributed by atoms with Gasteiger partial charge < -0.3 is 4.57 Å². The zero-order valence-corrected chi connectivity index (χ0v) is 12.5. The SMILES string of the molecule is CC(C)Cc1nnc(NC(=O)c2cc(Cl)cn2C)s1. The van der Waals surface area contributed by atoms with Crippen molar-refractivity contribution in [1.29, 1.82) is 0 Å². The molecule has 0 saturated carbocycles. The van der Waals surface area contributed by atoms with Crippen LogP contribution in [0.25, 0.3) is 0 Å². The number of halogens is 1. The molecule has 102 valence electrons.